The average molecular weight is 228 g/mol. The molecule has 2 atom stereocenters. The molecule has 0 radical (unpaired) electrons. The van der Waals surface area contributed by atoms with Crippen LogP contribution >= 0.6 is 0 Å². The molecule has 0 bridgehead atoms. The Morgan fingerprint density at radius 2 is 2.31 bits per heavy atom. The zero-order valence-corrected chi connectivity index (χ0v) is 11.0. The molecular weight excluding hydrogens is 200 g/mol. The molecule has 2 unspecified atom stereocenters. The van der Waals surface area contributed by atoms with Gasteiger partial charge in [0.15, 0.2) is 0 Å². The maximum atomic E-state index is 5.89. The monoisotopic (exact) mass is 228 g/mol. The summed E-state index contributed by atoms with van der Waals surface area (Å²) < 4.78 is 5.27. The normalized spacial score (nSPS) is 24.6. The van der Waals surface area contributed by atoms with Gasteiger partial charge in [0.1, 0.15) is 0 Å². The zero-order chi connectivity index (χ0) is 11.8. The Hall–Kier alpha value is -0.120. The van der Waals surface area contributed by atoms with E-state index >= 15 is 0 Å². The molecular formula is C13H28N2O. The van der Waals surface area contributed by atoms with Crippen LogP contribution in [-0.4, -0.2) is 44.3 Å². The molecule has 0 aromatic rings. The first-order valence-corrected chi connectivity index (χ1v) is 6.74. The Kier molecular flexibility index (Phi) is 7.01. The van der Waals surface area contributed by atoms with Gasteiger partial charge in [-0.2, -0.15) is 0 Å². The van der Waals surface area contributed by atoms with Crippen molar-refractivity contribution in [2.45, 2.75) is 45.1 Å². The van der Waals surface area contributed by atoms with Crippen LogP contribution in [0, 0.1) is 5.92 Å². The van der Waals surface area contributed by atoms with Crippen LogP contribution in [0.5, 0.6) is 0 Å². The Morgan fingerprint density at radius 1 is 1.50 bits per heavy atom. The second kappa shape index (κ2) is 8.04. The first-order valence-electron chi connectivity index (χ1n) is 6.74. The van der Waals surface area contributed by atoms with E-state index in [9.17, 15) is 0 Å². The highest BCUT2D eigenvalue weighted by Crippen LogP contribution is 2.20. The van der Waals surface area contributed by atoms with Gasteiger partial charge in [0, 0.05) is 26.2 Å². The molecule has 0 aliphatic carbocycles. The fourth-order valence-corrected chi connectivity index (χ4v) is 2.69. The fraction of sp³-hybridized carbons (Fsp3) is 1.00. The second-order valence-corrected chi connectivity index (χ2v) is 4.99. The highest BCUT2D eigenvalue weighted by molar-refractivity contribution is 4.79. The van der Waals surface area contributed by atoms with Gasteiger partial charge >= 0.3 is 0 Å². The van der Waals surface area contributed by atoms with Crippen molar-refractivity contribution in [3.05, 3.63) is 0 Å². The van der Waals surface area contributed by atoms with Crippen LogP contribution in [-0.2, 0) is 4.74 Å². The molecule has 96 valence electrons. The van der Waals surface area contributed by atoms with Gasteiger partial charge in [0.05, 0.1) is 6.61 Å². The van der Waals surface area contributed by atoms with Crippen molar-refractivity contribution in [3.63, 3.8) is 0 Å². The number of ether oxygens (including phenoxy) is 1. The van der Waals surface area contributed by atoms with Crippen molar-refractivity contribution in [3.8, 4) is 0 Å². The predicted octanol–water partition coefficient (Wildman–Crippen LogP) is 1.86. The standard InChI is InChI=1S/C13H28N2O/c1-3-4-7-13(9-14)15-8-5-6-12(10-15)11-16-2/h12-13H,3-11,14H2,1-2H3. The van der Waals surface area contributed by atoms with E-state index in [1.54, 1.807) is 7.11 Å². The van der Waals surface area contributed by atoms with Crippen molar-refractivity contribution in [1.82, 2.24) is 4.90 Å². The van der Waals surface area contributed by atoms with Crippen molar-refractivity contribution in [1.29, 1.82) is 0 Å². The number of likely N-dealkylation sites (tertiary alicyclic amines) is 1. The minimum absolute atomic E-state index is 0.597. The summed E-state index contributed by atoms with van der Waals surface area (Å²) in [6.07, 6.45) is 6.44. The molecule has 3 nitrogen and oxygen atoms in total. The summed E-state index contributed by atoms with van der Waals surface area (Å²) in [5.41, 5.74) is 5.89. The van der Waals surface area contributed by atoms with Crippen LogP contribution < -0.4 is 5.73 Å². The minimum atomic E-state index is 0.597. The number of methoxy groups -OCH3 is 1. The second-order valence-electron chi connectivity index (χ2n) is 4.99. The van der Waals surface area contributed by atoms with E-state index < -0.39 is 0 Å². The molecule has 0 spiro atoms. The molecule has 0 aromatic carbocycles. The highest BCUT2D eigenvalue weighted by atomic mass is 16.5. The summed E-state index contributed by atoms with van der Waals surface area (Å²) in [4.78, 5) is 2.59. The quantitative estimate of drug-likeness (QED) is 0.723. The predicted molar refractivity (Wildman–Crippen MR) is 68.5 cm³/mol. The van der Waals surface area contributed by atoms with Crippen LogP contribution in [0.25, 0.3) is 0 Å². The van der Waals surface area contributed by atoms with E-state index in [1.807, 2.05) is 0 Å². The van der Waals surface area contributed by atoms with Crippen LogP contribution in [0.1, 0.15) is 39.0 Å². The first kappa shape index (κ1) is 13.9. The number of nitrogens with zero attached hydrogens (tertiary/aromatic N) is 1. The third-order valence-electron chi connectivity index (χ3n) is 3.63. The lowest BCUT2D eigenvalue weighted by atomic mass is 9.96. The third-order valence-corrected chi connectivity index (χ3v) is 3.63. The maximum Gasteiger partial charge on any atom is 0.0502 e. The van der Waals surface area contributed by atoms with Gasteiger partial charge in [-0.25, -0.2) is 0 Å². The number of hydrogen-bond acceptors (Lipinski definition) is 3. The van der Waals surface area contributed by atoms with Gasteiger partial charge in [-0.1, -0.05) is 19.8 Å². The van der Waals surface area contributed by atoms with Gasteiger partial charge in [-0.3, -0.25) is 4.90 Å². The summed E-state index contributed by atoms with van der Waals surface area (Å²) in [5, 5.41) is 0. The molecule has 0 amide bonds. The third kappa shape index (κ3) is 4.40. The fourth-order valence-electron chi connectivity index (χ4n) is 2.69. The number of hydrogen-bond donors (Lipinski definition) is 1. The molecule has 1 aliphatic heterocycles. The van der Waals surface area contributed by atoms with E-state index in [4.69, 9.17) is 10.5 Å². The molecule has 0 saturated carbocycles. The number of nitrogens with two attached hydrogens (primary N) is 1. The highest BCUT2D eigenvalue weighted by Gasteiger charge is 2.24. The minimum Gasteiger partial charge on any atom is -0.384 e. The van der Waals surface area contributed by atoms with Crippen LogP contribution in [0.2, 0.25) is 0 Å². The van der Waals surface area contributed by atoms with E-state index in [0.717, 1.165) is 19.1 Å². The average Bonchev–Trinajstić information content (AvgIpc) is 2.31. The number of unbranched alkanes of at least 4 members (excludes halogenated alkanes) is 1. The maximum absolute atomic E-state index is 5.89. The van der Waals surface area contributed by atoms with Crippen LogP contribution in [0.3, 0.4) is 0 Å². The van der Waals surface area contributed by atoms with Crippen molar-refractivity contribution >= 4 is 0 Å². The van der Waals surface area contributed by atoms with Gasteiger partial charge in [0.2, 0.25) is 0 Å². The lowest BCUT2D eigenvalue weighted by Crippen LogP contribution is -2.46. The molecule has 1 fully saturated rings. The molecule has 3 heteroatoms. The summed E-state index contributed by atoms with van der Waals surface area (Å²) >= 11 is 0. The van der Waals surface area contributed by atoms with Crippen LogP contribution in [0.15, 0.2) is 0 Å². The Balaban J connectivity index is 2.37. The lowest BCUT2D eigenvalue weighted by molar-refractivity contribution is 0.0670. The number of piperidine rings is 1. The van der Waals surface area contributed by atoms with Gasteiger partial charge in [-0.15, -0.1) is 0 Å². The van der Waals surface area contributed by atoms with Crippen molar-refractivity contribution in [2.75, 3.05) is 33.4 Å². The summed E-state index contributed by atoms with van der Waals surface area (Å²) in [6.45, 7) is 6.37. The van der Waals surface area contributed by atoms with E-state index in [1.165, 1.54) is 45.2 Å². The smallest absolute Gasteiger partial charge is 0.0502 e. The molecule has 0 aromatic heterocycles. The first-order chi connectivity index (χ1) is 7.81. The Labute approximate surface area is 100 Å². The van der Waals surface area contributed by atoms with Crippen LogP contribution in [0.4, 0.5) is 0 Å². The zero-order valence-electron chi connectivity index (χ0n) is 11.0. The van der Waals surface area contributed by atoms with Crippen molar-refractivity contribution < 1.29 is 4.74 Å². The summed E-state index contributed by atoms with van der Waals surface area (Å²) in [7, 11) is 1.80. The summed E-state index contributed by atoms with van der Waals surface area (Å²) in [5.74, 6) is 0.717. The molecule has 1 rings (SSSR count). The van der Waals surface area contributed by atoms with Gasteiger partial charge in [-0.05, 0) is 31.7 Å². The SMILES string of the molecule is CCCCC(CN)N1CCCC(COC)C1. The van der Waals surface area contributed by atoms with E-state index in [-0.39, 0.29) is 0 Å². The van der Waals surface area contributed by atoms with E-state index in [2.05, 4.69) is 11.8 Å². The topological polar surface area (TPSA) is 38.5 Å². The lowest BCUT2D eigenvalue weighted by Gasteiger charge is -2.37. The van der Waals surface area contributed by atoms with Gasteiger partial charge in [0.25, 0.3) is 0 Å². The van der Waals surface area contributed by atoms with E-state index in [0.29, 0.717) is 6.04 Å². The van der Waals surface area contributed by atoms with Crippen molar-refractivity contribution in [2.24, 2.45) is 11.7 Å². The largest absolute Gasteiger partial charge is 0.384 e. The molecule has 16 heavy (non-hydrogen) atoms. The molecule has 1 aliphatic rings. The molecule has 2 N–H and O–H groups in total. The number of rotatable bonds is 7. The Bertz CT molecular complexity index is 173. The Morgan fingerprint density at radius 3 is 2.94 bits per heavy atom. The van der Waals surface area contributed by atoms with Gasteiger partial charge < -0.3 is 10.5 Å². The summed E-state index contributed by atoms with van der Waals surface area (Å²) in [6, 6.07) is 0.597. The molecule has 1 saturated heterocycles. The molecule has 1 heterocycles.